The molecule has 4 aliphatic heterocycles. The number of halogens is 2. The largest absolute Gasteiger partial charge is 0.341 e. The molecule has 2 unspecified atom stereocenters. The number of hydrogen-bond donors (Lipinski definition) is 2. The Balaban J connectivity index is 1.45. The molecule has 2 N–H and O–H groups in total. The van der Waals surface area contributed by atoms with Crippen LogP contribution in [0.3, 0.4) is 0 Å². The van der Waals surface area contributed by atoms with Gasteiger partial charge >= 0.3 is 6.03 Å². The van der Waals surface area contributed by atoms with Gasteiger partial charge in [0.2, 0.25) is 6.43 Å². The maximum absolute atomic E-state index is 15.0. The summed E-state index contributed by atoms with van der Waals surface area (Å²) in [7, 11) is 5.73. The fraction of sp³-hybridized carbons (Fsp3) is 0.733. The van der Waals surface area contributed by atoms with Crippen LogP contribution >= 0.6 is 0 Å². The zero-order chi connectivity index (χ0) is 29.1. The highest BCUT2D eigenvalue weighted by molar-refractivity contribution is 5.75. The van der Waals surface area contributed by atoms with Crippen LogP contribution < -0.4 is 15.5 Å². The lowest BCUT2D eigenvalue weighted by atomic mass is 9.66. The minimum atomic E-state index is -2.45. The topological polar surface area (TPSA) is 71.9 Å². The Hall–Kier alpha value is -2.50. The van der Waals surface area contributed by atoms with E-state index in [0.717, 1.165) is 87.5 Å². The smallest absolute Gasteiger partial charge is 0.317 e. The first-order chi connectivity index (χ1) is 19.6. The predicted octanol–water partition coefficient (Wildman–Crippen LogP) is 3.62. The number of fused-ring (bicyclic) bond motifs is 1. The summed E-state index contributed by atoms with van der Waals surface area (Å²) in [5, 5.41) is 15.8. The van der Waals surface area contributed by atoms with E-state index in [4.69, 9.17) is 5.10 Å². The first-order valence-electron chi connectivity index (χ1n) is 15.3. The van der Waals surface area contributed by atoms with Gasteiger partial charge in [0.25, 0.3) is 0 Å². The number of aromatic nitrogens is 2. The summed E-state index contributed by atoms with van der Waals surface area (Å²) in [5.74, 6) is -0.316. The number of hydrogen-bond acceptors (Lipinski definition) is 6. The highest BCUT2D eigenvalue weighted by atomic mass is 19.3. The van der Waals surface area contributed by atoms with Crippen molar-refractivity contribution >= 4 is 11.8 Å². The molecule has 1 aromatic rings. The molecule has 1 aliphatic carbocycles. The Kier molecular flexibility index (Phi) is 7.65. The standard InChI is InChI=1S/C30H46F2N8O/c1-19-25(27(31)32)23(30(2)17-36(4)37(5)18-30)15-20-7-6-13-39(26(19)20)28-22-16-38(29(41)33-3)14-10-24(22)40(35-28)21-8-11-34-12-9-21/h15,19,21,25,27,34H,6-14,16-18H2,1-5H3,(H,33,41). The number of urea groups is 1. The Bertz CT molecular complexity index is 1230. The van der Waals surface area contributed by atoms with Crippen molar-refractivity contribution in [3.63, 3.8) is 0 Å². The number of anilines is 1. The normalized spacial score (nSPS) is 27.8. The number of nitrogens with one attached hydrogen (secondary N) is 2. The van der Waals surface area contributed by atoms with Crippen LogP contribution in [-0.2, 0) is 13.0 Å². The van der Waals surface area contributed by atoms with Gasteiger partial charge in [-0.25, -0.2) is 23.6 Å². The van der Waals surface area contributed by atoms with Gasteiger partial charge in [-0.3, -0.25) is 4.68 Å². The number of rotatable bonds is 4. The van der Waals surface area contributed by atoms with E-state index < -0.39 is 12.3 Å². The Morgan fingerprint density at radius 1 is 1.15 bits per heavy atom. The van der Waals surface area contributed by atoms with Crippen LogP contribution in [0.1, 0.15) is 56.8 Å². The Labute approximate surface area is 242 Å². The van der Waals surface area contributed by atoms with Gasteiger partial charge in [0.05, 0.1) is 12.6 Å². The number of allylic oxidation sites excluding steroid dienone is 3. The average molecular weight is 573 g/mol. The quantitative estimate of drug-likeness (QED) is 0.575. The van der Waals surface area contributed by atoms with E-state index in [1.165, 1.54) is 11.3 Å². The number of carbonyl (C=O) groups excluding carboxylic acids is 1. The lowest BCUT2D eigenvalue weighted by molar-refractivity contribution is 0.0617. The lowest BCUT2D eigenvalue weighted by Gasteiger charge is -2.45. The number of hydrazine groups is 1. The summed E-state index contributed by atoms with van der Waals surface area (Å²) >= 11 is 0. The molecule has 11 heteroatoms. The molecule has 2 amide bonds. The van der Waals surface area contributed by atoms with Crippen LogP contribution in [0.25, 0.3) is 0 Å². The molecular weight excluding hydrogens is 526 g/mol. The Morgan fingerprint density at radius 3 is 2.51 bits per heavy atom. The highest BCUT2D eigenvalue weighted by Gasteiger charge is 2.49. The number of piperidine rings is 1. The molecule has 41 heavy (non-hydrogen) atoms. The average Bonchev–Trinajstić information content (AvgIpc) is 3.48. The summed E-state index contributed by atoms with van der Waals surface area (Å²) in [5.41, 5.74) is 5.03. The van der Waals surface area contributed by atoms with Crippen molar-refractivity contribution in [2.75, 3.05) is 65.3 Å². The van der Waals surface area contributed by atoms with E-state index >= 15 is 8.78 Å². The van der Waals surface area contributed by atoms with Crippen LogP contribution in [0.5, 0.6) is 0 Å². The maximum atomic E-state index is 15.0. The van der Waals surface area contributed by atoms with Crippen molar-refractivity contribution in [3.05, 3.63) is 34.2 Å². The maximum Gasteiger partial charge on any atom is 0.317 e. The summed E-state index contributed by atoms with van der Waals surface area (Å²) in [6.45, 7) is 9.42. The SMILES string of the molecule is CNC(=O)N1CCc2c(c(N3CCCC4=C3C(C)C(C(F)F)C(C3(C)CN(C)N(C)C3)=C4)nn2C2CCNCC2)C1. The third kappa shape index (κ3) is 4.87. The molecule has 0 spiro atoms. The van der Waals surface area contributed by atoms with Gasteiger partial charge < -0.3 is 20.4 Å². The highest BCUT2D eigenvalue weighted by Crippen LogP contribution is 2.51. The first kappa shape index (κ1) is 28.6. The summed E-state index contributed by atoms with van der Waals surface area (Å²) in [4.78, 5) is 16.8. The van der Waals surface area contributed by atoms with E-state index in [1.54, 1.807) is 7.05 Å². The molecule has 0 radical (unpaired) electrons. The van der Waals surface area contributed by atoms with Gasteiger partial charge in [-0.2, -0.15) is 5.10 Å². The monoisotopic (exact) mass is 572 g/mol. The second-order valence-corrected chi connectivity index (χ2v) is 13.0. The third-order valence-corrected chi connectivity index (χ3v) is 10.3. The number of alkyl halides is 2. The molecule has 2 atom stereocenters. The summed E-state index contributed by atoms with van der Waals surface area (Å²) in [6.07, 6.45) is 4.29. The van der Waals surface area contributed by atoms with Gasteiger partial charge in [-0.15, -0.1) is 0 Å². The van der Waals surface area contributed by atoms with E-state index in [-0.39, 0.29) is 17.4 Å². The minimum absolute atomic E-state index is 0.0918. The number of carbonyl (C=O) groups is 1. The van der Waals surface area contributed by atoms with Crippen molar-refractivity contribution in [3.8, 4) is 0 Å². The van der Waals surface area contributed by atoms with Gasteiger partial charge in [0.1, 0.15) is 0 Å². The Morgan fingerprint density at radius 2 is 1.85 bits per heavy atom. The van der Waals surface area contributed by atoms with Crippen molar-refractivity contribution in [2.45, 2.75) is 65.0 Å². The molecule has 5 aliphatic rings. The molecule has 6 rings (SSSR count). The summed E-state index contributed by atoms with van der Waals surface area (Å²) in [6, 6.07) is 0.217. The third-order valence-electron chi connectivity index (χ3n) is 10.3. The van der Waals surface area contributed by atoms with Crippen molar-refractivity contribution in [1.29, 1.82) is 0 Å². The predicted molar refractivity (Wildman–Crippen MR) is 156 cm³/mol. The van der Waals surface area contributed by atoms with E-state index in [1.807, 2.05) is 25.9 Å². The first-order valence-corrected chi connectivity index (χ1v) is 15.3. The van der Waals surface area contributed by atoms with E-state index in [9.17, 15) is 4.79 Å². The molecule has 226 valence electrons. The minimum Gasteiger partial charge on any atom is -0.341 e. The van der Waals surface area contributed by atoms with E-state index in [0.29, 0.717) is 19.1 Å². The second kappa shape index (κ2) is 11.0. The van der Waals surface area contributed by atoms with Crippen molar-refractivity contribution in [2.24, 2.45) is 17.3 Å². The van der Waals surface area contributed by atoms with Crippen LogP contribution in [-0.4, -0.2) is 97.6 Å². The summed E-state index contributed by atoms with van der Waals surface area (Å²) < 4.78 is 32.3. The van der Waals surface area contributed by atoms with Gasteiger partial charge in [0.15, 0.2) is 5.82 Å². The van der Waals surface area contributed by atoms with Gasteiger partial charge in [-0.05, 0) is 44.3 Å². The molecular formula is C30H46F2N8O. The molecule has 0 bridgehead atoms. The molecule has 9 nitrogen and oxygen atoms in total. The van der Waals surface area contributed by atoms with E-state index in [2.05, 4.69) is 43.2 Å². The number of amides is 2. The molecule has 0 aromatic carbocycles. The zero-order valence-corrected chi connectivity index (χ0v) is 25.2. The molecule has 2 fully saturated rings. The molecule has 1 aromatic heterocycles. The van der Waals surface area contributed by atoms with Gasteiger partial charge in [-0.1, -0.05) is 25.5 Å². The van der Waals surface area contributed by atoms with Crippen molar-refractivity contribution in [1.82, 2.24) is 35.3 Å². The molecule has 2 saturated heterocycles. The molecule has 5 heterocycles. The zero-order valence-electron chi connectivity index (χ0n) is 25.2. The number of nitrogens with zero attached hydrogens (tertiary/aromatic N) is 6. The lowest BCUT2D eigenvalue weighted by Crippen LogP contribution is -2.44. The van der Waals surface area contributed by atoms with Crippen LogP contribution in [0.4, 0.5) is 19.4 Å². The van der Waals surface area contributed by atoms with Crippen LogP contribution in [0.2, 0.25) is 0 Å². The fourth-order valence-electron chi connectivity index (χ4n) is 8.22. The van der Waals surface area contributed by atoms with Crippen molar-refractivity contribution < 1.29 is 13.6 Å². The fourth-order valence-corrected chi connectivity index (χ4v) is 8.22. The second-order valence-electron chi connectivity index (χ2n) is 13.0. The molecule has 0 saturated carbocycles. The van der Waals surface area contributed by atoms with Crippen LogP contribution in [0.15, 0.2) is 22.9 Å². The van der Waals surface area contributed by atoms with Crippen LogP contribution in [0, 0.1) is 17.3 Å². The van der Waals surface area contributed by atoms with Gasteiger partial charge in [0, 0.05) is 87.9 Å².